The van der Waals surface area contributed by atoms with Crippen LogP contribution in [0, 0.1) is 0 Å². The molecule has 18 heavy (non-hydrogen) atoms. The average Bonchev–Trinajstić information content (AvgIpc) is 2.67. The first-order valence-electron chi connectivity index (χ1n) is 6.66. The van der Waals surface area contributed by atoms with Crippen LogP contribution < -0.4 is 10.6 Å². The Balaban J connectivity index is 1.94. The number of rotatable bonds is 2. The maximum atomic E-state index is 6.00. The van der Waals surface area contributed by atoms with Crippen molar-refractivity contribution in [2.24, 2.45) is 0 Å². The van der Waals surface area contributed by atoms with Crippen LogP contribution in [0.25, 0.3) is 0 Å². The van der Waals surface area contributed by atoms with Crippen molar-refractivity contribution in [3.63, 3.8) is 0 Å². The second-order valence-electron chi connectivity index (χ2n) is 5.51. The molecule has 1 aromatic rings. The molecule has 0 aliphatic carbocycles. The maximum Gasteiger partial charge on any atom is 0.137 e. The molecular weight excluding hydrogens is 228 g/mol. The third-order valence-corrected chi connectivity index (χ3v) is 3.81. The number of anilines is 2. The van der Waals surface area contributed by atoms with Crippen LogP contribution in [0.1, 0.15) is 38.2 Å². The Morgan fingerprint density at radius 2 is 1.94 bits per heavy atom. The first-order chi connectivity index (χ1) is 8.65. The van der Waals surface area contributed by atoms with Crippen LogP contribution in [0.5, 0.6) is 0 Å². The molecule has 2 aliphatic rings. The number of nitrogens with zero attached hydrogens (tertiary/aromatic N) is 3. The normalized spacial score (nSPS) is 26.9. The van der Waals surface area contributed by atoms with Crippen molar-refractivity contribution in [2.75, 3.05) is 23.7 Å². The van der Waals surface area contributed by atoms with E-state index < -0.39 is 0 Å². The van der Waals surface area contributed by atoms with E-state index in [4.69, 9.17) is 10.5 Å². The van der Waals surface area contributed by atoms with E-state index >= 15 is 0 Å². The van der Waals surface area contributed by atoms with Gasteiger partial charge in [-0.25, -0.2) is 9.97 Å². The number of hydrogen-bond acceptors (Lipinski definition) is 5. The number of aromatic nitrogens is 2. The van der Waals surface area contributed by atoms with Crippen LogP contribution in [0.4, 0.5) is 11.6 Å². The Labute approximate surface area is 107 Å². The van der Waals surface area contributed by atoms with Gasteiger partial charge in [-0.3, -0.25) is 0 Å². The highest BCUT2D eigenvalue weighted by Crippen LogP contribution is 2.34. The lowest BCUT2D eigenvalue weighted by atomic mass is 10.0. The summed E-state index contributed by atoms with van der Waals surface area (Å²) >= 11 is 0. The van der Waals surface area contributed by atoms with E-state index in [2.05, 4.69) is 28.7 Å². The van der Waals surface area contributed by atoms with Gasteiger partial charge in [-0.1, -0.05) is 13.8 Å². The lowest BCUT2D eigenvalue weighted by molar-refractivity contribution is 0.0301. The molecule has 2 aliphatic heterocycles. The van der Waals surface area contributed by atoms with Gasteiger partial charge in [0.25, 0.3) is 0 Å². The highest BCUT2D eigenvalue weighted by Gasteiger charge is 2.35. The SMILES string of the molecule is CC(C)c1c(N)ncnc1N1CC2CCC(C1)O2. The number of nitrogen functional groups attached to an aromatic ring is 1. The molecule has 0 spiro atoms. The van der Waals surface area contributed by atoms with Gasteiger partial charge in [-0.05, 0) is 18.8 Å². The Kier molecular flexibility index (Phi) is 2.86. The Morgan fingerprint density at radius 3 is 2.56 bits per heavy atom. The quantitative estimate of drug-likeness (QED) is 0.860. The molecule has 3 heterocycles. The molecule has 2 N–H and O–H groups in total. The summed E-state index contributed by atoms with van der Waals surface area (Å²) in [5.74, 6) is 1.94. The molecule has 0 radical (unpaired) electrons. The molecule has 2 atom stereocenters. The number of nitrogens with two attached hydrogens (primary N) is 1. The lowest BCUT2D eigenvalue weighted by Gasteiger charge is -2.34. The molecule has 98 valence electrons. The fourth-order valence-corrected chi connectivity index (χ4v) is 2.99. The zero-order chi connectivity index (χ0) is 12.7. The van der Waals surface area contributed by atoms with Crippen LogP contribution in [-0.2, 0) is 4.74 Å². The van der Waals surface area contributed by atoms with Gasteiger partial charge in [0, 0.05) is 18.7 Å². The van der Waals surface area contributed by atoms with Crippen molar-refractivity contribution >= 4 is 11.6 Å². The molecule has 3 rings (SSSR count). The third kappa shape index (κ3) is 1.92. The Morgan fingerprint density at radius 1 is 1.28 bits per heavy atom. The number of morpholine rings is 1. The van der Waals surface area contributed by atoms with Crippen molar-refractivity contribution in [2.45, 2.75) is 44.8 Å². The second-order valence-corrected chi connectivity index (χ2v) is 5.51. The summed E-state index contributed by atoms with van der Waals surface area (Å²) < 4.78 is 5.86. The highest BCUT2D eigenvalue weighted by atomic mass is 16.5. The summed E-state index contributed by atoms with van der Waals surface area (Å²) in [5.41, 5.74) is 7.07. The van der Waals surface area contributed by atoms with E-state index in [1.165, 1.54) is 12.8 Å². The molecule has 2 bridgehead atoms. The summed E-state index contributed by atoms with van der Waals surface area (Å²) in [6.45, 7) is 6.11. The smallest absolute Gasteiger partial charge is 0.137 e. The molecule has 2 unspecified atom stereocenters. The molecule has 1 aromatic heterocycles. The minimum atomic E-state index is 0.335. The first-order valence-corrected chi connectivity index (χ1v) is 6.66. The number of ether oxygens (including phenoxy) is 1. The fraction of sp³-hybridized carbons (Fsp3) is 0.692. The molecule has 0 amide bonds. The fourth-order valence-electron chi connectivity index (χ4n) is 2.99. The highest BCUT2D eigenvalue weighted by molar-refractivity contribution is 5.58. The van der Waals surface area contributed by atoms with E-state index in [0.29, 0.717) is 23.9 Å². The zero-order valence-electron chi connectivity index (χ0n) is 11.0. The van der Waals surface area contributed by atoms with E-state index in [1.807, 2.05) is 0 Å². The second kappa shape index (κ2) is 4.39. The molecule has 0 saturated carbocycles. The Bertz CT molecular complexity index is 437. The predicted molar refractivity (Wildman–Crippen MR) is 70.6 cm³/mol. The summed E-state index contributed by atoms with van der Waals surface area (Å²) in [6.07, 6.45) is 4.62. The van der Waals surface area contributed by atoms with Gasteiger partial charge in [0.05, 0.1) is 12.2 Å². The van der Waals surface area contributed by atoms with Gasteiger partial charge in [0.1, 0.15) is 18.0 Å². The van der Waals surface area contributed by atoms with Gasteiger partial charge in [0.2, 0.25) is 0 Å². The van der Waals surface area contributed by atoms with Gasteiger partial charge in [-0.15, -0.1) is 0 Å². The molecule has 2 saturated heterocycles. The van der Waals surface area contributed by atoms with Crippen LogP contribution in [0.3, 0.4) is 0 Å². The minimum Gasteiger partial charge on any atom is -0.383 e. The Hall–Kier alpha value is -1.36. The van der Waals surface area contributed by atoms with Gasteiger partial charge in [0.15, 0.2) is 0 Å². The summed E-state index contributed by atoms with van der Waals surface area (Å²) in [7, 11) is 0. The summed E-state index contributed by atoms with van der Waals surface area (Å²) in [4.78, 5) is 10.9. The van der Waals surface area contributed by atoms with Crippen molar-refractivity contribution in [1.82, 2.24) is 9.97 Å². The van der Waals surface area contributed by atoms with Crippen LogP contribution in [-0.4, -0.2) is 35.3 Å². The lowest BCUT2D eigenvalue weighted by Crippen LogP contribution is -2.43. The zero-order valence-corrected chi connectivity index (χ0v) is 11.0. The molecular formula is C13H20N4O. The molecule has 2 fully saturated rings. The molecule has 0 aromatic carbocycles. The van der Waals surface area contributed by atoms with Gasteiger partial charge < -0.3 is 15.4 Å². The summed E-state index contributed by atoms with van der Waals surface area (Å²) in [5, 5.41) is 0. The van der Waals surface area contributed by atoms with Crippen LogP contribution in [0.2, 0.25) is 0 Å². The van der Waals surface area contributed by atoms with E-state index in [-0.39, 0.29) is 0 Å². The van der Waals surface area contributed by atoms with E-state index in [1.54, 1.807) is 6.33 Å². The standard InChI is InChI=1S/C13H20N4O/c1-8(2)11-12(14)15-7-16-13(11)17-5-9-3-4-10(6-17)18-9/h7-10H,3-6H2,1-2H3,(H2,14,15,16). The largest absolute Gasteiger partial charge is 0.383 e. The monoisotopic (exact) mass is 248 g/mol. The summed E-state index contributed by atoms with van der Waals surface area (Å²) in [6, 6.07) is 0. The van der Waals surface area contributed by atoms with Crippen molar-refractivity contribution in [1.29, 1.82) is 0 Å². The molecule has 5 nitrogen and oxygen atoms in total. The molecule has 5 heteroatoms. The minimum absolute atomic E-state index is 0.335. The maximum absolute atomic E-state index is 6.00. The van der Waals surface area contributed by atoms with E-state index in [9.17, 15) is 0 Å². The number of hydrogen-bond donors (Lipinski definition) is 1. The number of fused-ring (bicyclic) bond motifs is 2. The third-order valence-electron chi connectivity index (χ3n) is 3.81. The van der Waals surface area contributed by atoms with E-state index in [0.717, 1.165) is 24.5 Å². The average molecular weight is 248 g/mol. The first kappa shape index (κ1) is 11.7. The topological polar surface area (TPSA) is 64.3 Å². The van der Waals surface area contributed by atoms with Crippen LogP contribution >= 0.6 is 0 Å². The van der Waals surface area contributed by atoms with Gasteiger partial charge >= 0.3 is 0 Å². The van der Waals surface area contributed by atoms with Gasteiger partial charge in [-0.2, -0.15) is 0 Å². The van der Waals surface area contributed by atoms with Crippen molar-refractivity contribution in [3.8, 4) is 0 Å². The van der Waals surface area contributed by atoms with Crippen molar-refractivity contribution in [3.05, 3.63) is 11.9 Å². The van der Waals surface area contributed by atoms with Crippen molar-refractivity contribution < 1.29 is 4.74 Å². The predicted octanol–water partition coefficient (Wildman–Crippen LogP) is 1.55. The van der Waals surface area contributed by atoms with Crippen LogP contribution in [0.15, 0.2) is 6.33 Å².